The zero-order valence-electron chi connectivity index (χ0n) is 17.2. The molecule has 0 radical (unpaired) electrons. The summed E-state index contributed by atoms with van der Waals surface area (Å²) >= 11 is 0. The third-order valence-corrected chi connectivity index (χ3v) is 4.76. The summed E-state index contributed by atoms with van der Waals surface area (Å²) in [6, 6.07) is 13.0. The van der Waals surface area contributed by atoms with Crippen LogP contribution in [0.2, 0.25) is 0 Å². The maximum absolute atomic E-state index is 13.0. The molecule has 0 unspecified atom stereocenters. The van der Waals surface area contributed by atoms with Gasteiger partial charge in [0.15, 0.2) is 6.61 Å². The molecule has 0 fully saturated rings. The largest absolute Gasteiger partial charge is 0.454 e. The van der Waals surface area contributed by atoms with Crippen molar-refractivity contribution in [1.82, 2.24) is 0 Å². The van der Waals surface area contributed by atoms with Crippen molar-refractivity contribution in [2.45, 2.75) is 59.3 Å². The molecule has 0 saturated heterocycles. The molecule has 0 N–H and O–H groups in total. The lowest BCUT2D eigenvalue weighted by molar-refractivity contribution is 0.0474. The van der Waals surface area contributed by atoms with Crippen LogP contribution in [0.1, 0.15) is 96.7 Å². The van der Waals surface area contributed by atoms with E-state index in [1.54, 1.807) is 24.3 Å². The summed E-state index contributed by atoms with van der Waals surface area (Å²) < 4.78 is 5.30. The highest BCUT2D eigenvalue weighted by Gasteiger charge is 2.23. The third kappa shape index (κ3) is 5.06. The zero-order valence-corrected chi connectivity index (χ0v) is 17.2. The number of ketones is 1. The molecule has 0 aliphatic heterocycles. The summed E-state index contributed by atoms with van der Waals surface area (Å²) in [5, 5.41) is 0. The van der Waals surface area contributed by atoms with Gasteiger partial charge in [-0.05, 0) is 46.6 Å². The fraction of sp³-hybridized carbons (Fsp3) is 0.417. The molecule has 3 heteroatoms. The van der Waals surface area contributed by atoms with Crippen molar-refractivity contribution in [2.75, 3.05) is 6.61 Å². The van der Waals surface area contributed by atoms with Crippen molar-refractivity contribution in [2.24, 2.45) is 0 Å². The van der Waals surface area contributed by atoms with Crippen LogP contribution in [0.25, 0.3) is 0 Å². The minimum Gasteiger partial charge on any atom is -0.454 e. The van der Waals surface area contributed by atoms with Gasteiger partial charge in [0.1, 0.15) is 0 Å². The Labute approximate surface area is 162 Å². The van der Waals surface area contributed by atoms with E-state index in [2.05, 4.69) is 53.7 Å². The number of ether oxygens (including phenoxy) is 1. The van der Waals surface area contributed by atoms with E-state index in [9.17, 15) is 9.59 Å². The van der Waals surface area contributed by atoms with E-state index in [0.29, 0.717) is 17.0 Å². The summed E-state index contributed by atoms with van der Waals surface area (Å²) in [5.74, 6) is 0.206. The van der Waals surface area contributed by atoms with E-state index in [1.807, 2.05) is 6.07 Å². The molecule has 0 spiro atoms. The standard InChI is InChI=1S/C24H30O3/c1-15(2)19-12-20(16(3)4)23(21(13-19)17(5)6)22(25)14-27-24(26)18-10-8-7-9-11-18/h7-13,15-17H,14H2,1-6H3. The molecule has 2 aromatic carbocycles. The highest BCUT2D eigenvalue weighted by molar-refractivity contribution is 6.02. The van der Waals surface area contributed by atoms with Crippen molar-refractivity contribution < 1.29 is 14.3 Å². The third-order valence-electron chi connectivity index (χ3n) is 4.76. The molecule has 2 rings (SSSR count). The lowest BCUT2D eigenvalue weighted by atomic mass is 9.83. The lowest BCUT2D eigenvalue weighted by Gasteiger charge is -2.22. The van der Waals surface area contributed by atoms with Gasteiger partial charge in [-0.3, -0.25) is 4.79 Å². The van der Waals surface area contributed by atoms with Gasteiger partial charge in [0, 0.05) is 5.56 Å². The lowest BCUT2D eigenvalue weighted by Crippen LogP contribution is -2.19. The number of carbonyl (C=O) groups excluding carboxylic acids is 2. The van der Waals surface area contributed by atoms with Gasteiger partial charge in [0.25, 0.3) is 0 Å². The van der Waals surface area contributed by atoms with Gasteiger partial charge < -0.3 is 4.74 Å². The van der Waals surface area contributed by atoms with Crippen LogP contribution in [0, 0.1) is 0 Å². The highest BCUT2D eigenvalue weighted by atomic mass is 16.5. The molecule has 0 aliphatic carbocycles. The fourth-order valence-corrected chi connectivity index (χ4v) is 3.14. The molecular weight excluding hydrogens is 336 g/mol. The molecule has 0 aromatic heterocycles. The Morgan fingerprint density at radius 3 is 1.78 bits per heavy atom. The van der Waals surface area contributed by atoms with Crippen LogP contribution in [0.3, 0.4) is 0 Å². The van der Waals surface area contributed by atoms with Gasteiger partial charge in [0.2, 0.25) is 5.78 Å². The van der Waals surface area contributed by atoms with Crippen molar-refractivity contribution >= 4 is 11.8 Å². The molecule has 0 atom stereocenters. The van der Waals surface area contributed by atoms with Gasteiger partial charge in [-0.15, -0.1) is 0 Å². The molecule has 0 aliphatic rings. The van der Waals surface area contributed by atoms with Crippen LogP contribution >= 0.6 is 0 Å². The van der Waals surface area contributed by atoms with Gasteiger partial charge in [-0.1, -0.05) is 71.9 Å². The average molecular weight is 367 g/mol. The predicted octanol–water partition coefficient (Wildman–Crippen LogP) is 6.10. The summed E-state index contributed by atoms with van der Waals surface area (Å²) in [5.41, 5.74) is 4.47. The second-order valence-corrected chi connectivity index (χ2v) is 7.90. The first-order valence-electron chi connectivity index (χ1n) is 9.65. The van der Waals surface area contributed by atoms with Crippen LogP contribution in [0.15, 0.2) is 42.5 Å². The minimum absolute atomic E-state index is 0.137. The average Bonchev–Trinajstić information content (AvgIpc) is 2.65. The molecule has 0 bridgehead atoms. The summed E-state index contributed by atoms with van der Waals surface area (Å²) in [4.78, 5) is 25.2. The number of carbonyl (C=O) groups is 2. The maximum atomic E-state index is 13.0. The minimum atomic E-state index is -0.472. The molecule has 144 valence electrons. The Bertz CT molecular complexity index is 773. The van der Waals surface area contributed by atoms with Gasteiger partial charge >= 0.3 is 5.97 Å². The van der Waals surface area contributed by atoms with Crippen molar-refractivity contribution in [3.63, 3.8) is 0 Å². The summed E-state index contributed by atoms with van der Waals surface area (Å²) in [6.07, 6.45) is 0. The van der Waals surface area contributed by atoms with Crippen molar-refractivity contribution in [1.29, 1.82) is 0 Å². The molecular formula is C24H30O3. The van der Waals surface area contributed by atoms with E-state index in [4.69, 9.17) is 4.74 Å². The van der Waals surface area contributed by atoms with Crippen LogP contribution in [-0.4, -0.2) is 18.4 Å². The van der Waals surface area contributed by atoms with Gasteiger partial charge in [-0.25, -0.2) is 4.79 Å². The molecule has 27 heavy (non-hydrogen) atoms. The number of hydrogen-bond acceptors (Lipinski definition) is 3. The SMILES string of the molecule is CC(C)c1cc(C(C)C)c(C(=O)COC(=O)c2ccccc2)c(C(C)C)c1. The number of Topliss-reactive ketones (excluding diaryl/α,β-unsaturated/α-hetero) is 1. The Balaban J connectivity index is 2.34. The monoisotopic (exact) mass is 366 g/mol. The quantitative estimate of drug-likeness (QED) is 0.439. The summed E-state index contributed by atoms with van der Waals surface area (Å²) in [7, 11) is 0. The van der Waals surface area contributed by atoms with E-state index >= 15 is 0 Å². The molecule has 0 heterocycles. The van der Waals surface area contributed by atoms with Crippen LogP contribution < -0.4 is 0 Å². The smallest absolute Gasteiger partial charge is 0.338 e. The van der Waals surface area contributed by atoms with E-state index < -0.39 is 5.97 Å². The van der Waals surface area contributed by atoms with Crippen LogP contribution in [0.4, 0.5) is 0 Å². The number of esters is 1. The molecule has 2 aromatic rings. The second kappa shape index (κ2) is 8.98. The number of rotatable bonds is 7. The number of hydrogen-bond donors (Lipinski definition) is 0. The fourth-order valence-electron chi connectivity index (χ4n) is 3.14. The van der Waals surface area contributed by atoms with Gasteiger partial charge in [0.05, 0.1) is 5.56 Å². The molecule has 3 nitrogen and oxygen atoms in total. The second-order valence-electron chi connectivity index (χ2n) is 7.90. The highest BCUT2D eigenvalue weighted by Crippen LogP contribution is 2.32. The molecule has 0 saturated carbocycles. The first kappa shape index (κ1) is 20.9. The normalized spacial score (nSPS) is 11.3. The van der Waals surface area contributed by atoms with Gasteiger partial charge in [-0.2, -0.15) is 0 Å². The maximum Gasteiger partial charge on any atom is 0.338 e. The first-order valence-corrected chi connectivity index (χ1v) is 9.65. The van der Waals surface area contributed by atoms with Crippen molar-refractivity contribution in [3.05, 3.63) is 70.3 Å². The van der Waals surface area contributed by atoms with Crippen molar-refractivity contribution in [3.8, 4) is 0 Å². The first-order chi connectivity index (χ1) is 12.7. The Kier molecular flexibility index (Phi) is 6.95. The molecule has 0 amide bonds. The summed E-state index contributed by atoms with van der Waals surface area (Å²) in [6.45, 7) is 12.5. The number of benzene rings is 2. The zero-order chi connectivity index (χ0) is 20.1. The van der Waals surface area contributed by atoms with Crippen LogP contribution in [0.5, 0.6) is 0 Å². The Morgan fingerprint density at radius 1 is 0.815 bits per heavy atom. The topological polar surface area (TPSA) is 43.4 Å². The van der Waals surface area contributed by atoms with E-state index in [1.165, 1.54) is 5.56 Å². The van der Waals surface area contributed by atoms with Crippen LogP contribution in [-0.2, 0) is 4.74 Å². The van der Waals surface area contributed by atoms with E-state index in [0.717, 1.165) is 11.1 Å². The predicted molar refractivity (Wildman–Crippen MR) is 110 cm³/mol. The Morgan fingerprint density at radius 2 is 1.33 bits per heavy atom. The Hall–Kier alpha value is -2.42. The van der Waals surface area contributed by atoms with E-state index in [-0.39, 0.29) is 24.2 Å².